The summed E-state index contributed by atoms with van der Waals surface area (Å²) in [5, 5.41) is 3.13. The summed E-state index contributed by atoms with van der Waals surface area (Å²) in [7, 11) is 1.65. The van der Waals surface area contributed by atoms with Crippen LogP contribution < -0.4 is 15.8 Å². The van der Waals surface area contributed by atoms with Gasteiger partial charge in [0.15, 0.2) is 0 Å². The lowest BCUT2D eigenvalue weighted by Gasteiger charge is -2.10. The zero-order chi connectivity index (χ0) is 11.5. The van der Waals surface area contributed by atoms with Crippen LogP contribution in [0, 0.1) is 0 Å². The fourth-order valence-electron chi connectivity index (χ4n) is 2.10. The molecule has 1 aromatic carbocycles. The molecule has 1 aromatic rings. The molecule has 1 saturated heterocycles. The number of carbonyl (C=O) groups is 1. The normalized spacial score (nSPS) is 24.3. The standard InChI is InChI=1S/C12H16N2O2/c1-16-10-4-2-3-8(5-10)9-6-11(12(13)15)14-7-9/h2-5,9,11,14H,6-7H2,1H3,(H2,13,15). The zero-order valence-corrected chi connectivity index (χ0v) is 9.27. The van der Waals surface area contributed by atoms with Crippen LogP contribution in [0.25, 0.3) is 0 Å². The van der Waals surface area contributed by atoms with Crippen LogP contribution >= 0.6 is 0 Å². The van der Waals surface area contributed by atoms with Crippen molar-refractivity contribution in [1.29, 1.82) is 0 Å². The van der Waals surface area contributed by atoms with Crippen LogP contribution in [0.3, 0.4) is 0 Å². The van der Waals surface area contributed by atoms with E-state index in [1.807, 2.05) is 18.2 Å². The van der Waals surface area contributed by atoms with Crippen LogP contribution in [-0.2, 0) is 4.79 Å². The highest BCUT2D eigenvalue weighted by molar-refractivity contribution is 5.80. The average Bonchev–Trinajstić information content (AvgIpc) is 2.78. The van der Waals surface area contributed by atoms with Crippen molar-refractivity contribution in [2.45, 2.75) is 18.4 Å². The van der Waals surface area contributed by atoms with Gasteiger partial charge >= 0.3 is 0 Å². The summed E-state index contributed by atoms with van der Waals surface area (Å²) >= 11 is 0. The Labute approximate surface area is 94.8 Å². The number of methoxy groups -OCH3 is 1. The summed E-state index contributed by atoms with van der Waals surface area (Å²) in [6.07, 6.45) is 0.766. The van der Waals surface area contributed by atoms with Gasteiger partial charge in [0.2, 0.25) is 5.91 Å². The molecule has 1 fully saturated rings. The van der Waals surface area contributed by atoms with E-state index in [4.69, 9.17) is 10.5 Å². The molecule has 4 heteroatoms. The second-order valence-electron chi connectivity index (χ2n) is 4.07. The third kappa shape index (κ3) is 2.17. The Balaban J connectivity index is 2.11. The molecule has 0 spiro atoms. The number of amides is 1. The highest BCUT2D eigenvalue weighted by atomic mass is 16.5. The molecule has 1 heterocycles. The molecule has 2 unspecified atom stereocenters. The van der Waals surface area contributed by atoms with Gasteiger partial charge in [0, 0.05) is 6.54 Å². The third-order valence-corrected chi connectivity index (χ3v) is 3.04. The quantitative estimate of drug-likeness (QED) is 0.785. The maximum Gasteiger partial charge on any atom is 0.234 e. The number of benzene rings is 1. The Kier molecular flexibility index (Phi) is 3.10. The molecule has 86 valence electrons. The minimum atomic E-state index is -0.273. The van der Waals surface area contributed by atoms with Gasteiger partial charge in [-0.05, 0) is 30.0 Å². The molecule has 0 aliphatic carbocycles. The van der Waals surface area contributed by atoms with Crippen molar-refractivity contribution in [3.05, 3.63) is 29.8 Å². The molecule has 1 aliphatic rings. The minimum absolute atomic E-state index is 0.198. The number of nitrogens with two attached hydrogens (primary N) is 1. The zero-order valence-electron chi connectivity index (χ0n) is 9.27. The highest BCUT2D eigenvalue weighted by Gasteiger charge is 2.28. The predicted molar refractivity (Wildman–Crippen MR) is 61.3 cm³/mol. The Hall–Kier alpha value is -1.55. The third-order valence-electron chi connectivity index (χ3n) is 3.04. The van der Waals surface area contributed by atoms with Crippen LogP contribution in [0.15, 0.2) is 24.3 Å². The molecule has 4 nitrogen and oxygen atoms in total. The lowest BCUT2D eigenvalue weighted by atomic mass is 9.96. The van der Waals surface area contributed by atoms with Crippen LogP contribution in [0.4, 0.5) is 0 Å². The minimum Gasteiger partial charge on any atom is -0.497 e. The fourth-order valence-corrected chi connectivity index (χ4v) is 2.10. The summed E-state index contributed by atoms with van der Waals surface area (Å²) < 4.78 is 5.18. The van der Waals surface area contributed by atoms with Crippen molar-refractivity contribution in [1.82, 2.24) is 5.32 Å². The number of rotatable bonds is 3. The van der Waals surface area contributed by atoms with E-state index in [2.05, 4.69) is 11.4 Å². The summed E-state index contributed by atoms with van der Waals surface area (Å²) in [5.41, 5.74) is 6.46. The number of carbonyl (C=O) groups excluding carboxylic acids is 1. The monoisotopic (exact) mass is 220 g/mol. The Morgan fingerprint density at radius 3 is 3.00 bits per heavy atom. The van der Waals surface area contributed by atoms with Crippen molar-refractivity contribution >= 4 is 5.91 Å². The first-order valence-corrected chi connectivity index (χ1v) is 5.37. The summed E-state index contributed by atoms with van der Waals surface area (Å²) in [4.78, 5) is 11.0. The average molecular weight is 220 g/mol. The summed E-state index contributed by atoms with van der Waals surface area (Å²) in [6.45, 7) is 0.792. The highest BCUT2D eigenvalue weighted by Crippen LogP contribution is 2.27. The Morgan fingerprint density at radius 1 is 1.56 bits per heavy atom. The Morgan fingerprint density at radius 2 is 2.38 bits per heavy atom. The number of ether oxygens (including phenoxy) is 1. The number of hydrogen-bond donors (Lipinski definition) is 2. The second kappa shape index (κ2) is 4.53. The summed E-state index contributed by atoms with van der Waals surface area (Å²) in [6, 6.07) is 7.74. The topological polar surface area (TPSA) is 64.3 Å². The number of nitrogens with one attached hydrogen (secondary N) is 1. The van der Waals surface area contributed by atoms with Crippen molar-refractivity contribution in [2.75, 3.05) is 13.7 Å². The van der Waals surface area contributed by atoms with Crippen LogP contribution in [0.2, 0.25) is 0 Å². The number of hydrogen-bond acceptors (Lipinski definition) is 3. The van der Waals surface area contributed by atoms with Crippen molar-refractivity contribution in [3.63, 3.8) is 0 Å². The van der Waals surface area contributed by atoms with Gasteiger partial charge < -0.3 is 15.8 Å². The van der Waals surface area contributed by atoms with Crippen LogP contribution in [-0.4, -0.2) is 25.6 Å². The summed E-state index contributed by atoms with van der Waals surface area (Å²) in [5.74, 6) is 0.915. The molecule has 2 atom stereocenters. The molecule has 0 saturated carbocycles. The van der Waals surface area contributed by atoms with Gasteiger partial charge in [0.05, 0.1) is 13.2 Å². The Bertz CT molecular complexity index is 392. The van der Waals surface area contributed by atoms with Gasteiger partial charge in [-0.3, -0.25) is 4.79 Å². The van der Waals surface area contributed by atoms with E-state index >= 15 is 0 Å². The molecule has 1 aliphatic heterocycles. The molecule has 0 radical (unpaired) electrons. The first-order valence-electron chi connectivity index (χ1n) is 5.37. The molecule has 0 bridgehead atoms. The molecule has 16 heavy (non-hydrogen) atoms. The van der Waals surface area contributed by atoms with Gasteiger partial charge in [-0.1, -0.05) is 12.1 Å². The lowest BCUT2D eigenvalue weighted by molar-refractivity contribution is -0.119. The largest absolute Gasteiger partial charge is 0.497 e. The maximum absolute atomic E-state index is 11.0. The van der Waals surface area contributed by atoms with Crippen molar-refractivity contribution < 1.29 is 9.53 Å². The molecule has 3 N–H and O–H groups in total. The molecule has 0 aromatic heterocycles. The van der Waals surface area contributed by atoms with Crippen molar-refractivity contribution in [3.8, 4) is 5.75 Å². The molecule has 1 amide bonds. The first kappa shape index (κ1) is 11.0. The predicted octanol–water partition coefficient (Wildman–Crippen LogP) is 0.626. The fraction of sp³-hybridized carbons (Fsp3) is 0.417. The maximum atomic E-state index is 11.0. The van der Waals surface area contributed by atoms with E-state index in [0.29, 0.717) is 5.92 Å². The van der Waals surface area contributed by atoms with E-state index < -0.39 is 0 Å². The molecule has 2 rings (SSSR count). The van der Waals surface area contributed by atoms with Gasteiger partial charge in [-0.15, -0.1) is 0 Å². The number of primary amides is 1. The van der Waals surface area contributed by atoms with Gasteiger partial charge in [-0.2, -0.15) is 0 Å². The smallest absolute Gasteiger partial charge is 0.234 e. The van der Waals surface area contributed by atoms with E-state index in [1.54, 1.807) is 7.11 Å². The van der Waals surface area contributed by atoms with Gasteiger partial charge in [0.1, 0.15) is 5.75 Å². The van der Waals surface area contributed by atoms with E-state index in [9.17, 15) is 4.79 Å². The lowest BCUT2D eigenvalue weighted by Crippen LogP contribution is -2.36. The van der Waals surface area contributed by atoms with Crippen LogP contribution in [0.5, 0.6) is 5.75 Å². The van der Waals surface area contributed by atoms with Gasteiger partial charge in [0.25, 0.3) is 0 Å². The van der Waals surface area contributed by atoms with E-state index in [-0.39, 0.29) is 11.9 Å². The molecular formula is C12H16N2O2. The van der Waals surface area contributed by atoms with Crippen molar-refractivity contribution in [2.24, 2.45) is 5.73 Å². The second-order valence-corrected chi connectivity index (χ2v) is 4.07. The van der Waals surface area contributed by atoms with E-state index in [0.717, 1.165) is 18.7 Å². The van der Waals surface area contributed by atoms with E-state index in [1.165, 1.54) is 5.56 Å². The molecular weight excluding hydrogens is 204 g/mol. The SMILES string of the molecule is COc1cccc(C2CNC(C(N)=O)C2)c1. The first-order chi connectivity index (χ1) is 7.70. The van der Waals surface area contributed by atoms with Gasteiger partial charge in [-0.25, -0.2) is 0 Å². The van der Waals surface area contributed by atoms with Crippen LogP contribution in [0.1, 0.15) is 17.9 Å².